The number of anilines is 1. The van der Waals surface area contributed by atoms with E-state index in [0.717, 1.165) is 24.8 Å². The van der Waals surface area contributed by atoms with E-state index in [-0.39, 0.29) is 0 Å². The van der Waals surface area contributed by atoms with Gasteiger partial charge in [-0.3, -0.25) is 0 Å². The smallest absolute Gasteiger partial charge is 0.185 e. The lowest BCUT2D eigenvalue weighted by atomic mass is 10.3. The van der Waals surface area contributed by atoms with Gasteiger partial charge in [-0.2, -0.15) is 0 Å². The van der Waals surface area contributed by atoms with Crippen molar-refractivity contribution in [1.29, 1.82) is 0 Å². The van der Waals surface area contributed by atoms with Crippen LogP contribution in [0.1, 0.15) is 38.6 Å². The lowest BCUT2D eigenvalue weighted by molar-refractivity contribution is 0.606. The van der Waals surface area contributed by atoms with Crippen LogP contribution in [0.15, 0.2) is 6.20 Å². The molecule has 0 saturated carbocycles. The van der Waals surface area contributed by atoms with Crippen molar-refractivity contribution in [3.63, 3.8) is 0 Å². The van der Waals surface area contributed by atoms with Crippen molar-refractivity contribution in [1.82, 2.24) is 10.3 Å². The van der Waals surface area contributed by atoms with E-state index in [4.69, 9.17) is 0 Å². The lowest BCUT2D eigenvalue weighted by Crippen LogP contribution is -2.21. The normalized spacial score (nSPS) is 12.8. The summed E-state index contributed by atoms with van der Waals surface area (Å²) in [7, 11) is 0. The summed E-state index contributed by atoms with van der Waals surface area (Å²) in [5.74, 6) is 0. The highest BCUT2D eigenvalue weighted by atomic mass is 32.1. The molecule has 3 nitrogen and oxygen atoms in total. The molecule has 0 amide bonds. The molecule has 1 aromatic rings. The third-order valence-electron chi connectivity index (χ3n) is 2.48. The molecule has 0 fully saturated rings. The van der Waals surface area contributed by atoms with Crippen molar-refractivity contribution in [2.75, 3.05) is 24.5 Å². The molecule has 1 N–H and O–H groups in total. The van der Waals surface area contributed by atoms with Gasteiger partial charge < -0.3 is 10.2 Å². The van der Waals surface area contributed by atoms with E-state index in [2.05, 4.69) is 42.9 Å². The zero-order valence-electron chi connectivity index (χ0n) is 10.1. The number of aromatic nitrogens is 1. The molecule has 4 heteroatoms. The van der Waals surface area contributed by atoms with E-state index >= 15 is 0 Å². The monoisotopic (exact) mass is 227 g/mol. The fraction of sp³-hybridized carbons (Fsp3) is 0.727. The van der Waals surface area contributed by atoms with E-state index in [0.29, 0.717) is 6.04 Å². The standard InChI is InChI=1S/C11H21N3S/c1-5-12-9(4)10-8-13-11(15-10)14(6-2)7-3/h8-9,12H,5-7H2,1-4H3. The molecular weight excluding hydrogens is 206 g/mol. The summed E-state index contributed by atoms with van der Waals surface area (Å²) in [4.78, 5) is 8.07. The van der Waals surface area contributed by atoms with Crippen molar-refractivity contribution < 1.29 is 0 Å². The molecule has 1 heterocycles. The zero-order valence-corrected chi connectivity index (χ0v) is 10.9. The Morgan fingerprint density at radius 3 is 2.60 bits per heavy atom. The van der Waals surface area contributed by atoms with E-state index in [1.165, 1.54) is 4.88 Å². The van der Waals surface area contributed by atoms with Crippen molar-refractivity contribution in [2.45, 2.75) is 33.7 Å². The Balaban J connectivity index is 2.70. The highest BCUT2D eigenvalue weighted by Crippen LogP contribution is 2.26. The topological polar surface area (TPSA) is 28.2 Å². The molecule has 0 aliphatic rings. The van der Waals surface area contributed by atoms with Crippen molar-refractivity contribution in [3.05, 3.63) is 11.1 Å². The van der Waals surface area contributed by atoms with Crippen LogP contribution in [-0.4, -0.2) is 24.6 Å². The van der Waals surface area contributed by atoms with Crippen LogP contribution in [0.25, 0.3) is 0 Å². The van der Waals surface area contributed by atoms with Gasteiger partial charge in [0.15, 0.2) is 5.13 Å². The maximum absolute atomic E-state index is 4.47. The molecule has 1 rings (SSSR count). The summed E-state index contributed by atoms with van der Waals surface area (Å²) in [6.45, 7) is 11.7. The Kier molecular flexibility index (Phi) is 5.05. The molecule has 15 heavy (non-hydrogen) atoms. The summed E-state index contributed by atoms with van der Waals surface area (Å²) in [5, 5.41) is 4.54. The average Bonchev–Trinajstić information content (AvgIpc) is 2.69. The van der Waals surface area contributed by atoms with E-state index in [9.17, 15) is 0 Å². The predicted octanol–water partition coefficient (Wildman–Crippen LogP) is 2.66. The minimum atomic E-state index is 0.414. The molecule has 1 atom stereocenters. The SMILES string of the molecule is CCNC(C)c1cnc(N(CC)CC)s1. The summed E-state index contributed by atoms with van der Waals surface area (Å²) >= 11 is 1.79. The maximum atomic E-state index is 4.47. The molecular formula is C11H21N3S. The van der Waals surface area contributed by atoms with Gasteiger partial charge in [0, 0.05) is 30.2 Å². The maximum Gasteiger partial charge on any atom is 0.185 e. The summed E-state index contributed by atoms with van der Waals surface area (Å²) in [6.07, 6.45) is 1.99. The van der Waals surface area contributed by atoms with Gasteiger partial charge in [0.1, 0.15) is 0 Å². The molecule has 0 saturated heterocycles. The van der Waals surface area contributed by atoms with Crippen LogP contribution in [0, 0.1) is 0 Å². The number of hydrogen-bond donors (Lipinski definition) is 1. The second kappa shape index (κ2) is 6.08. The van der Waals surface area contributed by atoms with Crippen molar-refractivity contribution in [3.8, 4) is 0 Å². The Hall–Kier alpha value is -0.610. The second-order valence-electron chi connectivity index (χ2n) is 3.50. The first-order valence-corrected chi connectivity index (χ1v) is 6.48. The molecule has 1 unspecified atom stereocenters. The Labute approximate surface area is 96.5 Å². The fourth-order valence-corrected chi connectivity index (χ4v) is 2.59. The molecule has 1 aromatic heterocycles. The van der Waals surface area contributed by atoms with Gasteiger partial charge in [0.05, 0.1) is 0 Å². The summed E-state index contributed by atoms with van der Waals surface area (Å²) in [5.41, 5.74) is 0. The Morgan fingerprint density at radius 2 is 2.07 bits per heavy atom. The number of thiazole rings is 1. The Morgan fingerprint density at radius 1 is 1.40 bits per heavy atom. The molecule has 0 radical (unpaired) electrons. The van der Waals surface area contributed by atoms with Crippen LogP contribution in [0.3, 0.4) is 0 Å². The van der Waals surface area contributed by atoms with Crippen LogP contribution in [0.2, 0.25) is 0 Å². The van der Waals surface area contributed by atoms with Gasteiger partial charge in [-0.15, -0.1) is 11.3 Å². The third-order valence-corrected chi connectivity index (χ3v) is 3.72. The fourth-order valence-electron chi connectivity index (χ4n) is 1.52. The molecule has 0 aromatic carbocycles. The lowest BCUT2D eigenvalue weighted by Gasteiger charge is -2.16. The molecule has 0 aliphatic carbocycles. The van der Waals surface area contributed by atoms with Crippen LogP contribution in [-0.2, 0) is 0 Å². The van der Waals surface area contributed by atoms with Crippen molar-refractivity contribution >= 4 is 16.5 Å². The van der Waals surface area contributed by atoms with Crippen LogP contribution in [0.4, 0.5) is 5.13 Å². The molecule has 0 aliphatic heterocycles. The first-order valence-electron chi connectivity index (χ1n) is 5.66. The second-order valence-corrected chi connectivity index (χ2v) is 4.54. The number of hydrogen-bond acceptors (Lipinski definition) is 4. The highest BCUT2D eigenvalue weighted by molar-refractivity contribution is 7.15. The number of nitrogens with zero attached hydrogens (tertiary/aromatic N) is 2. The highest BCUT2D eigenvalue weighted by Gasteiger charge is 2.11. The van der Waals surface area contributed by atoms with Gasteiger partial charge in [-0.05, 0) is 27.3 Å². The minimum absolute atomic E-state index is 0.414. The van der Waals surface area contributed by atoms with Crippen LogP contribution >= 0.6 is 11.3 Å². The largest absolute Gasteiger partial charge is 0.349 e. The van der Waals surface area contributed by atoms with Gasteiger partial charge in [0.2, 0.25) is 0 Å². The van der Waals surface area contributed by atoms with Crippen LogP contribution < -0.4 is 10.2 Å². The zero-order chi connectivity index (χ0) is 11.3. The summed E-state index contributed by atoms with van der Waals surface area (Å²) < 4.78 is 0. The van der Waals surface area contributed by atoms with Crippen LogP contribution in [0.5, 0.6) is 0 Å². The van der Waals surface area contributed by atoms with Gasteiger partial charge in [-0.1, -0.05) is 6.92 Å². The molecule has 0 bridgehead atoms. The first kappa shape index (κ1) is 12.5. The van der Waals surface area contributed by atoms with Crippen molar-refractivity contribution in [2.24, 2.45) is 0 Å². The minimum Gasteiger partial charge on any atom is -0.349 e. The van der Waals surface area contributed by atoms with E-state index in [1.54, 1.807) is 11.3 Å². The quantitative estimate of drug-likeness (QED) is 0.810. The Bertz CT molecular complexity index is 281. The van der Waals surface area contributed by atoms with Gasteiger partial charge in [-0.25, -0.2) is 4.98 Å². The molecule has 86 valence electrons. The number of nitrogens with one attached hydrogen (secondary N) is 1. The first-order chi connectivity index (χ1) is 7.22. The predicted molar refractivity (Wildman–Crippen MR) is 67.8 cm³/mol. The van der Waals surface area contributed by atoms with E-state index < -0.39 is 0 Å². The van der Waals surface area contributed by atoms with Gasteiger partial charge >= 0.3 is 0 Å². The van der Waals surface area contributed by atoms with Gasteiger partial charge in [0.25, 0.3) is 0 Å². The van der Waals surface area contributed by atoms with E-state index in [1.807, 2.05) is 6.20 Å². The third kappa shape index (κ3) is 3.18. The summed E-state index contributed by atoms with van der Waals surface area (Å²) in [6, 6.07) is 0.414. The average molecular weight is 227 g/mol. The molecule has 0 spiro atoms. The number of rotatable bonds is 6.